The Morgan fingerprint density at radius 1 is 1.65 bits per heavy atom. The fraction of sp³-hybridized carbons (Fsp3) is 0.714. The molecule has 1 aliphatic rings. The molecule has 0 bridgehead atoms. The molecule has 5 nitrogen and oxygen atoms in total. The number of nitrogens with zero attached hydrogens (tertiary/aromatic N) is 2. The van der Waals surface area contributed by atoms with Gasteiger partial charge >= 0.3 is 5.97 Å². The number of hydrogen-bond donors (Lipinski definition) is 1. The molecule has 1 saturated heterocycles. The SMILES string of the molecule is CCOC(=O)c1csc(NCC2CCN(C(C)C)C2)n1. The Morgan fingerprint density at radius 2 is 2.45 bits per heavy atom. The molecule has 2 heterocycles. The van der Waals surface area contributed by atoms with Crippen LogP contribution >= 0.6 is 11.3 Å². The van der Waals surface area contributed by atoms with Gasteiger partial charge in [-0.05, 0) is 39.7 Å². The lowest BCUT2D eigenvalue weighted by atomic mass is 10.1. The van der Waals surface area contributed by atoms with Gasteiger partial charge < -0.3 is 15.0 Å². The number of carbonyl (C=O) groups excluding carboxylic acids is 1. The zero-order chi connectivity index (χ0) is 14.5. The summed E-state index contributed by atoms with van der Waals surface area (Å²) >= 11 is 1.46. The standard InChI is InChI=1S/C14H23N3O2S/c1-4-19-13(18)12-9-20-14(16-12)15-7-11-5-6-17(8-11)10(2)3/h9-11H,4-8H2,1-3H3,(H,15,16). The number of likely N-dealkylation sites (tertiary alicyclic amines) is 1. The summed E-state index contributed by atoms with van der Waals surface area (Å²) in [5.74, 6) is 0.316. The highest BCUT2D eigenvalue weighted by molar-refractivity contribution is 7.13. The van der Waals surface area contributed by atoms with Crippen molar-refractivity contribution in [3.05, 3.63) is 11.1 Å². The lowest BCUT2D eigenvalue weighted by Gasteiger charge is -2.20. The van der Waals surface area contributed by atoms with Gasteiger partial charge in [0.05, 0.1) is 6.61 Å². The molecule has 0 spiro atoms. The highest BCUT2D eigenvalue weighted by atomic mass is 32.1. The fourth-order valence-corrected chi connectivity index (χ4v) is 3.07. The van der Waals surface area contributed by atoms with Crippen molar-refractivity contribution in [3.63, 3.8) is 0 Å². The van der Waals surface area contributed by atoms with Crippen LogP contribution in [0.15, 0.2) is 5.38 Å². The summed E-state index contributed by atoms with van der Waals surface area (Å²) in [7, 11) is 0. The number of rotatable bonds is 6. The van der Waals surface area contributed by atoms with Gasteiger partial charge in [0.25, 0.3) is 0 Å². The summed E-state index contributed by atoms with van der Waals surface area (Å²) in [5.41, 5.74) is 0.398. The van der Waals surface area contributed by atoms with Gasteiger partial charge in [0.15, 0.2) is 10.8 Å². The Hall–Kier alpha value is -1.14. The molecule has 20 heavy (non-hydrogen) atoms. The lowest BCUT2D eigenvalue weighted by Crippen LogP contribution is -2.29. The van der Waals surface area contributed by atoms with Crippen molar-refractivity contribution < 1.29 is 9.53 Å². The van der Waals surface area contributed by atoms with Crippen molar-refractivity contribution >= 4 is 22.4 Å². The number of ether oxygens (including phenoxy) is 1. The summed E-state index contributed by atoms with van der Waals surface area (Å²) in [5, 5.41) is 5.88. The minimum Gasteiger partial charge on any atom is -0.461 e. The molecular formula is C14H23N3O2S. The third-order valence-corrected chi connectivity index (χ3v) is 4.38. The molecule has 0 aliphatic carbocycles. The van der Waals surface area contributed by atoms with Gasteiger partial charge in [-0.3, -0.25) is 0 Å². The maximum atomic E-state index is 11.5. The number of hydrogen-bond acceptors (Lipinski definition) is 6. The minimum absolute atomic E-state index is 0.344. The second-order valence-electron chi connectivity index (χ2n) is 5.38. The van der Waals surface area contributed by atoms with E-state index < -0.39 is 0 Å². The predicted octanol–water partition coefficient (Wildman–Crippen LogP) is 2.46. The van der Waals surface area contributed by atoms with E-state index in [1.54, 1.807) is 12.3 Å². The van der Waals surface area contributed by atoms with Crippen LogP contribution in [0.1, 0.15) is 37.7 Å². The maximum absolute atomic E-state index is 11.5. The molecule has 6 heteroatoms. The van der Waals surface area contributed by atoms with Crippen molar-refractivity contribution in [2.24, 2.45) is 5.92 Å². The van der Waals surface area contributed by atoms with Crippen molar-refractivity contribution in [3.8, 4) is 0 Å². The van der Waals surface area contributed by atoms with Crippen LogP contribution in [-0.2, 0) is 4.74 Å². The third-order valence-electron chi connectivity index (χ3n) is 3.58. The molecule has 1 unspecified atom stereocenters. The molecule has 0 radical (unpaired) electrons. The van der Waals surface area contributed by atoms with Crippen LogP contribution in [0.3, 0.4) is 0 Å². The second kappa shape index (κ2) is 7.04. The van der Waals surface area contributed by atoms with Gasteiger partial charge in [0.1, 0.15) is 0 Å². The second-order valence-corrected chi connectivity index (χ2v) is 6.24. The van der Waals surface area contributed by atoms with Crippen LogP contribution in [0, 0.1) is 5.92 Å². The van der Waals surface area contributed by atoms with E-state index in [9.17, 15) is 4.79 Å². The number of nitrogens with one attached hydrogen (secondary N) is 1. The third kappa shape index (κ3) is 3.93. The fourth-order valence-electron chi connectivity index (χ4n) is 2.38. The van der Waals surface area contributed by atoms with E-state index in [2.05, 4.69) is 29.0 Å². The molecule has 1 atom stereocenters. The van der Waals surface area contributed by atoms with Gasteiger partial charge in [-0.25, -0.2) is 9.78 Å². The normalized spacial score (nSPS) is 19.5. The Bertz CT molecular complexity index is 447. The van der Waals surface area contributed by atoms with Crippen molar-refractivity contribution in [1.29, 1.82) is 0 Å². The first-order valence-corrected chi connectivity index (χ1v) is 8.08. The molecule has 0 amide bonds. The first-order chi connectivity index (χ1) is 9.60. The molecule has 1 N–H and O–H groups in total. The van der Waals surface area contributed by atoms with E-state index in [0.29, 0.717) is 24.3 Å². The number of aromatic nitrogens is 1. The van der Waals surface area contributed by atoms with Gasteiger partial charge in [-0.15, -0.1) is 11.3 Å². The van der Waals surface area contributed by atoms with Crippen LogP contribution < -0.4 is 5.32 Å². The molecule has 1 aromatic rings. The van der Waals surface area contributed by atoms with Crippen molar-refractivity contribution in [2.75, 3.05) is 31.6 Å². The lowest BCUT2D eigenvalue weighted by molar-refractivity contribution is 0.0520. The van der Waals surface area contributed by atoms with Gasteiger partial charge in [0, 0.05) is 24.5 Å². The number of carbonyl (C=O) groups is 1. The van der Waals surface area contributed by atoms with Crippen LogP contribution in [-0.4, -0.2) is 48.1 Å². The largest absolute Gasteiger partial charge is 0.461 e. The Balaban J connectivity index is 1.79. The van der Waals surface area contributed by atoms with Crippen molar-refractivity contribution in [2.45, 2.75) is 33.2 Å². The molecule has 1 fully saturated rings. The molecule has 0 saturated carbocycles. The van der Waals surface area contributed by atoms with Gasteiger partial charge in [-0.1, -0.05) is 0 Å². The van der Waals surface area contributed by atoms with E-state index in [1.807, 2.05) is 0 Å². The van der Waals surface area contributed by atoms with Gasteiger partial charge in [0.2, 0.25) is 0 Å². The zero-order valence-corrected chi connectivity index (χ0v) is 13.2. The Kier molecular flexibility index (Phi) is 5.37. The number of anilines is 1. The van der Waals surface area contributed by atoms with Crippen LogP contribution in [0.25, 0.3) is 0 Å². The molecule has 0 aromatic carbocycles. The Morgan fingerprint density at radius 3 is 3.10 bits per heavy atom. The summed E-state index contributed by atoms with van der Waals surface area (Å²) in [4.78, 5) is 18.3. The zero-order valence-electron chi connectivity index (χ0n) is 12.4. The van der Waals surface area contributed by atoms with E-state index >= 15 is 0 Å². The smallest absolute Gasteiger partial charge is 0.357 e. The quantitative estimate of drug-likeness (QED) is 0.817. The van der Waals surface area contributed by atoms with E-state index in [1.165, 1.54) is 24.3 Å². The monoisotopic (exact) mass is 297 g/mol. The highest BCUT2D eigenvalue weighted by Gasteiger charge is 2.24. The van der Waals surface area contributed by atoms with E-state index in [-0.39, 0.29) is 5.97 Å². The van der Waals surface area contributed by atoms with Crippen LogP contribution in [0.4, 0.5) is 5.13 Å². The van der Waals surface area contributed by atoms with Crippen molar-refractivity contribution in [1.82, 2.24) is 9.88 Å². The van der Waals surface area contributed by atoms with E-state index in [0.717, 1.165) is 18.2 Å². The predicted molar refractivity (Wildman–Crippen MR) is 81.4 cm³/mol. The average molecular weight is 297 g/mol. The van der Waals surface area contributed by atoms with Crippen LogP contribution in [0.5, 0.6) is 0 Å². The first kappa shape index (κ1) is 15.3. The summed E-state index contributed by atoms with van der Waals surface area (Å²) in [6.45, 7) is 9.89. The minimum atomic E-state index is -0.344. The van der Waals surface area contributed by atoms with E-state index in [4.69, 9.17) is 4.74 Å². The highest BCUT2D eigenvalue weighted by Crippen LogP contribution is 2.21. The number of thiazole rings is 1. The Labute approximate surface area is 124 Å². The summed E-state index contributed by atoms with van der Waals surface area (Å²) < 4.78 is 4.93. The average Bonchev–Trinajstić information content (AvgIpc) is 3.06. The maximum Gasteiger partial charge on any atom is 0.357 e. The summed E-state index contributed by atoms with van der Waals surface area (Å²) in [6.07, 6.45) is 1.22. The first-order valence-electron chi connectivity index (χ1n) is 7.20. The summed E-state index contributed by atoms with van der Waals surface area (Å²) in [6, 6.07) is 0.621. The van der Waals surface area contributed by atoms with Crippen LogP contribution in [0.2, 0.25) is 0 Å². The molecular weight excluding hydrogens is 274 g/mol. The molecule has 1 aromatic heterocycles. The molecule has 2 rings (SSSR count). The molecule has 112 valence electrons. The molecule has 1 aliphatic heterocycles. The van der Waals surface area contributed by atoms with Gasteiger partial charge in [-0.2, -0.15) is 0 Å². The topological polar surface area (TPSA) is 54.5 Å². The number of esters is 1.